The highest BCUT2D eigenvalue weighted by Crippen LogP contribution is 2.33. The second-order valence-electron chi connectivity index (χ2n) is 5.72. The van der Waals surface area contributed by atoms with Crippen LogP contribution in [0.2, 0.25) is 0 Å². The van der Waals surface area contributed by atoms with E-state index in [0.29, 0.717) is 6.54 Å². The lowest BCUT2D eigenvalue weighted by Gasteiger charge is -2.37. The second-order valence-corrected chi connectivity index (χ2v) is 5.72. The summed E-state index contributed by atoms with van der Waals surface area (Å²) in [5.41, 5.74) is 8.47. The van der Waals surface area contributed by atoms with E-state index in [9.17, 15) is 0 Å². The predicted molar refractivity (Wildman–Crippen MR) is 84.6 cm³/mol. The van der Waals surface area contributed by atoms with Crippen LogP contribution >= 0.6 is 0 Å². The lowest BCUT2D eigenvalue weighted by atomic mass is 9.96. The van der Waals surface area contributed by atoms with Crippen molar-refractivity contribution in [3.8, 4) is 0 Å². The smallest absolute Gasteiger partial charge is 0.0447 e. The van der Waals surface area contributed by atoms with Crippen LogP contribution in [0.5, 0.6) is 0 Å². The van der Waals surface area contributed by atoms with E-state index in [4.69, 9.17) is 5.73 Å². The van der Waals surface area contributed by atoms with Gasteiger partial charge in [0, 0.05) is 30.2 Å². The first-order valence-electron chi connectivity index (χ1n) is 6.95. The highest BCUT2D eigenvalue weighted by molar-refractivity contribution is 5.96. The summed E-state index contributed by atoms with van der Waals surface area (Å²) in [5.74, 6) is 0. The van der Waals surface area contributed by atoms with Crippen LogP contribution in [0.4, 0.5) is 5.69 Å². The van der Waals surface area contributed by atoms with Crippen molar-refractivity contribution in [2.45, 2.75) is 39.3 Å². The third-order valence-corrected chi connectivity index (χ3v) is 4.35. The van der Waals surface area contributed by atoms with Crippen molar-refractivity contribution in [3.63, 3.8) is 0 Å². The van der Waals surface area contributed by atoms with Crippen LogP contribution in [-0.2, 0) is 6.54 Å². The Labute approximate surface area is 116 Å². The van der Waals surface area contributed by atoms with Crippen molar-refractivity contribution in [2.24, 2.45) is 5.73 Å². The lowest BCUT2D eigenvalue weighted by Crippen LogP contribution is -2.40. The molecule has 19 heavy (non-hydrogen) atoms. The van der Waals surface area contributed by atoms with E-state index in [0.717, 1.165) is 6.42 Å². The molecule has 2 aromatic rings. The topological polar surface area (TPSA) is 29.3 Å². The molecule has 0 radical (unpaired) electrons. The predicted octanol–water partition coefficient (Wildman–Crippen LogP) is 3.92. The highest BCUT2D eigenvalue weighted by atomic mass is 15.2. The summed E-state index contributed by atoms with van der Waals surface area (Å²) in [6.45, 7) is 7.37. The van der Waals surface area contributed by atoms with Crippen LogP contribution in [0.25, 0.3) is 10.8 Å². The molecule has 0 heterocycles. The van der Waals surface area contributed by atoms with Gasteiger partial charge in [0.05, 0.1) is 0 Å². The minimum Gasteiger partial charge on any atom is -0.369 e. The van der Waals surface area contributed by atoms with Gasteiger partial charge in [0.1, 0.15) is 0 Å². The summed E-state index contributed by atoms with van der Waals surface area (Å²) >= 11 is 0. The fourth-order valence-electron chi connectivity index (χ4n) is 2.38. The van der Waals surface area contributed by atoms with Crippen molar-refractivity contribution in [3.05, 3.63) is 42.0 Å². The highest BCUT2D eigenvalue weighted by Gasteiger charge is 2.22. The Hall–Kier alpha value is -1.54. The van der Waals surface area contributed by atoms with E-state index < -0.39 is 0 Å². The van der Waals surface area contributed by atoms with E-state index in [1.165, 1.54) is 22.0 Å². The summed E-state index contributed by atoms with van der Waals surface area (Å²) < 4.78 is 0. The van der Waals surface area contributed by atoms with Crippen molar-refractivity contribution < 1.29 is 0 Å². The first kappa shape index (κ1) is 13.9. The van der Waals surface area contributed by atoms with Gasteiger partial charge in [-0.05, 0) is 37.3 Å². The zero-order valence-electron chi connectivity index (χ0n) is 12.4. The molecule has 2 rings (SSSR count). The number of rotatable bonds is 4. The van der Waals surface area contributed by atoms with Crippen molar-refractivity contribution in [2.75, 3.05) is 11.9 Å². The Kier molecular flexibility index (Phi) is 3.81. The van der Waals surface area contributed by atoms with Gasteiger partial charge in [-0.2, -0.15) is 0 Å². The first-order chi connectivity index (χ1) is 9.01. The number of fused-ring (bicyclic) bond motifs is 1. The average Bonchev–Trinajstić information content (AvgIpc) is 2.45. The molecule has 2 heteroatoms. The van der Waals surface area contributed by atoms with Gasteiger partial charge in [-0.15, -0.1) is 0 Å². The summed E-state index contributed by atoms with van der Waals surface area (Å²) in [4.78, 5) is 2.37. The van der Waals surface area contributed by atoms with Crippen LogP contribution in [0.3, 0.4) is 0 Å². The molecule has 0 bridgehead atoms. The lowest BCUT2D eigenvalue weighted by molar-refractivity contribution is 0.472. The second kappa shape index (κ2) is 5.22. The molecular weight excluding hydrogens is 232 g/mol. The zero-order chi connectivity index (χ0) is 14.0. The van der Waals surface area contributed by atoms with Crippen LogP contribution in [0, 0.1) is 0 Å². The van der Waals surface area contributed by atoms with E-state index in [1.54, 1.807) is 0 Å². The monoisotopic (exact) mass is 256 g/mol. The van der Waals surface area contributed by atoms with Gasteiger partial charge in [0.2, 0.25) is 0 Å². The molecule has 2 N–H and O–H groups in total. The molecule has 0 aliphatic carbocycles. The van der Waals surface area contributed by atoms with E-state index >= 15 is 0 Å². The van der Waals surface area contributed by atoms with E-state index in [1.807, 2.05) is 0 Å². The summed E-state index contributed by atoms with van der Waals surface area (Å²) in [5, 5.41) is 2.55. The Morgan fingerprint density at radius 2 is 1.68 bits per heavy atom. The SMILES string of the molecule is CCC(C)(C)N(C)c1ccc(CN)c2ccccc12. The summed E-state index contributed by atoms with van der Waals surface area (Å²) in [6, 6.07) is 12.9. The molecule has 2 aromatic carbocycles. The number of hydrogen-bond donors (Lipinski definition) is 1. The molecule has 0 saturated heterocycles. The molecule has 0 fully saturated rings. The first-order valence-corrected chi connectivity index (χ1v) is 6.95. The molecule has 0 aliphatic heterocycles. The third kappa shape index (κ3) is 2.45. The van der Waals surface area contributed by atoms with Gasteiger partial charge in [0.15, 0.2) is 0 Å². The number of nitrogens with two attached hydrogens (primary N) is 1. The fourth-order valence-corrected chi connectivity index (χ4v) is 2.38. The molecule has 2 nitrogen and oxygen atoms in total. The fraction of sp³-hybridized carbons (Fsp3) is 0.412. The molecule has 0 atom stereocenters. The number of benzene rings is 2. The Morgan fingerprint density at radius 1 is 1.05 bits per heavy atom. The van der Waals surface area contributed by atoms with Gasteiger partial charge in [-0.1, -0.05) is 37.3 Å². The van der Waals surface area contributed by atoms with Gasteiger partial charge in [0.25, 0.3) is 0 Å². The Bertz CT molecular complexity index is 572. The van der Waals surface area contributed by atoms with E-state index in [2.05, 4.69) is 69.1 Å². The molecule has 0 aromatic heterocycles. The van der Waals surface area contributed by atoms with Crippen LogP contribution in [0.1, 0.15) is 32.8 Å². The van der Waals surface area contributed by atoms with Gasteiger partial charge in [-0.3, -0.25) is 0 Å². The van der Waals surface area contributed by atoms with Crippen LogP contribution < -0.4 is 10.6 Å². The van der Waals surface area contributed by atoms with Gasteiger partial charge in [-0.25, -0.2) is 0 Å². The molecule has 0 amide bonds. The quantitative estimate of drug-likeness (QED) is 0.898. The van der Waals surface area contributed by atoms with Crippen molar-refractivity contribution in [1.82, 2.24) is 0 Å². The zero-order valence-corrected chi connectivity index (χ0v) is 12.4. The maximum absolute atomic E-state index is 5.84. The summed E-state index contributed by atoms with van der Waals surface area (Å²) in [7, 11) is 2.17. The van der Waals surface area contributed by atoms with Crippen molar-refractivity contribution in [1.29, 1.82) is 0 Å². The molecule has 0 spiro atoms. The normalized spacial score (nSPS) is 11.8. The largest absolute Gasteiger partial charge is 0.369 e. The Morgan fingerprint density at radius 3 is 2.26 bits per heavy atom. The maximum atomic E-state index is 5.84. The Balaban J connectivity index is 2.63. The third-order valence-electron chi connectivity index (χ3n) is 4.35. The summed E-state index contributed by atoms with van der Waals surface area (Å²) in [6.07, 6.45) is 1.11. The van der Waals surface area contributed by atoms with Crippen LogP contribution in [-0.4, -0.2) is 12.6 Å². The van der Waals surface area contributed by atoms with Crippen LogP contribution in [0.15, 0.2) is 36.4 Å². The van der Waals surface area contributed by atoms with Crippen molar-refractivity contribution >= 4 is 16.5 Å². The number of hydrogen-bond acceptors (Lipinski definition) is 2. The van der Waals surface area contributed by atoms with Gasteiger partial charge >= 0.3 is 0 Å². The molecular formula is C17H24N2. The minimum absolute atomic E-state index is 0.146. The number of anilines is 1. The van der Waals surface area contributed by atoms with Gasteiger partial charge < -0.3 is 10.6 Å². The minimum atomic E-state index is 0.146. The maximum Gasteiger partial charge on any atom is 0.0447 e. The number of nitrogens with zero attached hydrogens (tertiary/aromatic N) is 1. The molecule has 102 valence electrons. The molecule has 0 saturated carbocycles. The average molecular weight is 256 g/mol. The molecule has 0 unspecified atom stereocenters. The molecule has 0 aliphatic rings. The standard InChI is InChI=1S/C17H24N2/c1-5-17(2,3)19(4)16-11-10-13(12-18)14-8-6-7-9-15(14)16/h6-11H,5,12,18H2,1-4H3. The van der Waals surface area contributed by atoms with E-state index in [-0.39, 0.29) is 5.54 Å².